The molecule has 1 aromatic rings. The summed E-state index contributed by atoms with van der Waals surface area (Å²) in [4.78, 5) is 13.7. The highest BCUT2D eigenvalue weighted by molar-refractivity contribution is 5.56. The molecule has 1 rings (SSSR count). The number of nitrogens with zero attached hydrogens (tertiary/aromatic N) is 3. The largest absolute Gasteiger partial charge is 0.288 e. The van der Waals surface area contributed by atoms with Gasteiger partial charge in [-0.1, -0.05) is 0 Å². The molecular formula is C9H7N3O2. The van der Waals surface area contributed by atoms with E-state index in [1.54, 1.807) is 6.92 Å². The monoisotopic (exact) mass is 189 g/mol. The second-order valence-corrected chi connectivity index (χ2v) is 2.59. The molecule has 0 radical (unpaired) electrons. The van der Waals surface area contributed by atoms with E-state index in [1.807, 2.05) is 6.07 Å². The average Bonchev–Trinajstić information content (AvgIpc) is 2.16. The number of nitriles is 1. The summed E-state index contributed by atoms with van der Waals surface area (Å²) in [7, 11) is 0. The predicted molar refractivity (Wildman–Crippen MR) is 50.3 cm³/mol. The zero-order valence-corrected chi connectivity index (χ0v) is 7.47. The molecule has 70 valence electrons. The van der Waals surface area contributed by atoms with Crippen LogP contribution in [0.5, 0.6) is 0 Å². The maximum atomic E-state index is 10.4. The van der Waals surface area contributed by atoms with E-state index < -0.39 is 4.92 Å². The molecule has 0 unspecified atom stereocenters. The van der Waals surface area contributed by atoms with Crippen LogP contribution in [0, 0.1) is 28.4 Å². The van der Waals surface area contributed by atoms with Gasteiger partial charge in [-0.15, -0.1) is 0 Å². The Hall–Kier alpha value is -2.22. The molecule has 14 heavy (non-hydrogen) atoms. The van der Waals surface area contributed by atoms with Gasteiger partial charge in [-0.2, -0.15) is 5.26 Å². The molecule has 0 aliphatic rings. The Labute approximate surface area is 80.5 Å². The third kappa shape index (κ3) is 2.14. The van der Waals surface area contributed by atoms with Gasteiger partial charge in [0.1, 0.15) is 6.20 Å². The minimum Gasteiger partial charge on any atom is -0.258 e. The lowest BCUT2D eigenvalue weighted by molar-refractivity contribution is -0.385. The van der Waals surface area contributed by atoms with Crippen molar-refractivity contribution in [2.24, 2.45) is 0 Å². The SMILES string of the molecule is Cc1ncc([N+](=O)[O-])cc1C=CC#N. The van der Waals surface area contributed by atoms with Gasteiger partial charge in [-0.3, -0.25) is 15.1 Å². The number of rotatable bonds is 2. The number of pyridine rings is 1. The van der Waals surface area contributed by atoms with E-state index >= 15 is 0 Å². The zero-order valence-electron chi connectivity index (χ0n) is 7.47. The van der Waals surface area contributed by atoms with Crippen molar-refractivity contribution in [2.45, 2.75) is 6.92 Å². The summed E-state index contributed by atoms with van der Waals surface area (Å²) in [6.07, 6.45) is 3.95. The number of allylic oxidation sites excluding steroid dienone is 1. The van der Waals surface area contributed by atoms with E-state index in [4.69, 9.17) is 5.26 Å². The molecular weight excluding hydrogens is 182 g/mol. The minimum absolute atomic E-state index is 0.0758. The highest BCUT2D eigenvalue weighted by atomic mass is 16.6. The third-order valence-electron chi connectivity index (χ3n) is 1.66. The first kappa shape index (κ1) is 9.86. The van der Waals surface area contributed by atoms with Crippen molar-refractivity contribution in [1.29, 1.82) is 5.26 Å². The molecule has 0 fully saturated rings. The Morgan fingerprint density at radius 1 is 1.71 bits per heavy atom. The van der Waals surface area contributed by atoms with Gasteiger partial charge in [0.2, 0.25) is 0 Å². The van der Waals surface area contributed by atoms with E-state index in [0.29, 0.717) is 11.3 Å². The van der Waals surface area contributed by atoms with Crippen LogP contribution in [0.2, 0.25) is 0 Å². The number of hydrogen-bond acceptors (Lipinski definition) is 4. The topological polar surface area (TPSA) is 79.8 Å². The molecule has 0 bridgehead atoms. The highest BCUT2D eigenvalue weighted by Gasteiger charge is 2.07. The lowest BCUT2D eigenvalue weighted by atomic mass is 10.2. The third-order valence-corrected chi connectivity index (χ3v) is 1.66. The van der Waals surface area contributed by atoms with E-state index in [0.717, 1.165) is 0 Å². The molecule has 5 nitrogen and oxygen atoms in total. The molecule has 0 N–H and O–H groups in total. The number of aromatic nitrogens is 1. The van der Waals surface area contributed by atoms with Crippen molar-refractivity contribution < 1.29 is 4.92 Å². The van der Waals surface area contributed by atoms with Crippen LogP contribution >= 0.6 is 0 Å². The fourth-order valence-electron chi connectivity index (χ4n) is 0.934. The maximum absolute atomic E-state index is 10.4. The van der Waals surface area contributed by atoms with Gasteiger partial charge in [0.15, 0.2) is 0 Å². The summed E-state index contributed by atoms with van der Waals surface area (Å²) in [5.41, 5.74) is 1.16. The molecule has 0 aromatic carbocycles. The highest BCUT2D eigenvalue weighted by Crippen LogP contribution is 2.15. The van der Waals surface area contributed by atoms with Gasteiger partial charge in [0.25, 0.3) is 5.69 Å². The lowest BCUT2D eigenvalue weighted by Crippen LogP contribution is -1.92. The normalized spacial score (nSPS) is 10.0. The lowest BCUT2D eigenvalue weighted by Gasteiger charge is -1.97. The summed E-state index contributed by atoms with van der Waals surface area (Å²) < 4.78 is 0. The molecule has 0 aliphatic carbocycles. The Kier molecular flexibility index (Phi) is 2.92. The van der Waals surface area contributed by atoms with Crippen molar-refractivity contribution in [2.75, 3.05) is 0 Å². The van der Waals surface area contributed by atoms with Crippen molar-refractivity contribution in [3.8, 4) is 6.07 Å². The van der Waals surface area contributed by atoms with Gasteiger partial charge in [0.05, 0.1) is 11.0 Å². The first-order valence-electron chi connectivity index (χ1n) is 3.82. The van der Waals surface area contributed by atoms with Gasteiger partial charge in [-0.25, -0.2) is 0 Å². The Morgan fingerprint density at radius 3 is 3.00 bits per heavy atom. The van der Waals surface area contributed by atoms with Crippen LogP contribution in [-0.2, 0) is 0 Å². The molecule has 0 saturated carbocycles. The standard InChI is InChI=1S/C9H7N3O2/c1-7-8(3-2-4-10)5-9(6-11-7)12(13)14/h2-3,5-6H,1H3. The van der Waals surface area contributed by atoms with Crippen LogP contribution < -0.4 is 0 Å². The molecule has 0 atom stereocenters. The number of hydrogen-bond donors (Lipinski definition) is 0. The molecule has 0 spiro atoms. The first-order valence-corrected chi connectivity index (χ1v) is 3.82. The summed E-state index contributed by atoms with van der Waals surface area (Å²) >= 11 is 0. The van der Waals surface area contributed by atoms with Crippen LogP contribution in [0.25, 0.3) is 6.08 Å². The predicted octanol–water partition coefficient (Wildman–Crippen LogP) is 1.83. The number of aryl methyl sites for hydroxylation is 1. The Balaban J connectivity index is 3.16. The van der Waals surface area contributed by atoms with E-state index in [2.05, 4.69) is 4.98 Å². The zero-order chi connectivity index (χ0) is 10.6. The van der Waals surface area contributed by atoms with Crippen molar-refractivity contribution >= 4 is 11.8 Å². The first-order chi connectivity index (χ1) is 6.65. The van der Waals surface area contributed by atoms with Crippen LogP contribution in [0.3, 0.4) is 0 Å². The summed E-state index contributed by atoms with van der Waals surface area (Å²) in [5, 5.41) is 18.7. The van der Waals surface area contributed by atoms with Gasteiger partial charge in [-0.05, 0) is 13.0 Å². The summed E-state index contributed by atoms with van der Waals surface area (Å²) in [6, 6.07) is 3.20. The fraction of sp³-hybridized carbons (Fsp3) is 0.111. The summed E-state index contributed by atoms with van der Waals surface area (Å²) in [5.74, 6) is 0. The second kappa shape index (κ2) is 4.14. The molecule has 0 amide bonds. The van der Waals surface area contributed by atoms with E-state index in [-0.39, 0.29) is 5.69 Å². The smallest absolute Gasteiger partial charge is 0.258 e. The van der Waals surface area contributed by atoms with E-state index in [9.17, 15) is 10.1 Å². The maximum Gasteiger partial charge on any atom is 0.288 e. The van der Waals surface area contributed by atoms with Gasteiger partial charge in [0, 0.05) is 23.4 Å². The Bertz CT molecular complexity index is 432. The molecule has 1 heterocycles. The van der Waals surface area contributed by atoms with Crippen LogP contribution in [-0.4, -0.2) is 9.91 Å². The van der Waals surface area contributed by atoms with Crippen LogP contribution in [0.15, 0.2) is 18.3 Å². The van der Waals surface area contributed by atoms with Crippen molar-refractivity contribution in [3.63, 3.8) is 0 Å². The summed E-state index contributed by atoms with van der Waals surface area (Å²) in [6.45, 7) is 1.72. The van der Waals surface area contributed by atoms with Crippen molar-refractivity contribution in [1.82, 2.24) is 4.98 Å². The van der Waals surface area contributed by atoms with Gasteiger partial charge >= 0.3 is 0 Å². The fourth-order valence-corrected chi connectivity index (χ4v) is 0.934. The quantitative estimate of drug-likeness (QED) is 0.404. The molecule has 0 saturated heterocycles. The Morgan fingerprint density at radius 2 is 2.43 bits per heavy atom. The van der Waals surface area contributed by atoms with Gasteiger partial charge < -0.3 is 0 Å². The van der Waals surface area contributed by atoms with Crippen LogP contribution in [0.1, 0.15) is 11.3 Å². The number of nitro groups is 1. The average molecular weight is 189 g/mol. The van der Waals surface area contributed by atoms with E-state index in [1.165, 1.54) is 24.4 Å². The van der Waals surface area contributed by atoms with Crippen LogP contribution in [0.4, 0.5) is 5.69 Å². The van der Waals surface area contributed by atoms with Crippen molar-refractivity contribution in [3.05, 3.63) is 39.7 Å². The molecule has 0 aliphatic heterocycles. The second-order valence-electron chi connectivity index (χ2n) is 2.59. The minimum atomic E-state index is -0.518. The molecule has 1 aromatic heterocycles. The molecule has 5 heteroatoms.